The van der Waals surface area contributed by atoms with E-state index in [9.17, 15) is 8.42 Å². The van der Waals surface area contributed by atoms with Crippen molar-refractivity contribution in [1.29, 1.82) is 0 Å². The van der Waals surface area contributed by atoms with Gasteiger partial charge in [0.1, 0.15) is 11.9 Å². The molecule has 0 fully saturated rings. The van der Waals surface area contributed by atoms with Crippen LogP contribution in [0.25, 0.3) is 0 Å². The van der Waals surface area contributed by atoms with E-state index in [4.69, 9.17) is 25.3 Å². The molecule has 3 aromatic rings. The lowest BCUT2D eigenvalue weighted by atomic mass is 10.1. The van der Waals surface area contributed by atoms with Crippen LogP contribution in [0.4, 0.5) is 0 Å². The van der Waals surface area contributed by atoms with Crippen molar-refractivity contribution in [3.05, 3.63) is 82.9 Å². The molecule has 0 aromatic heterocycles. The standard InChI is InChI=1S/C22H19ClO5S/c1-15-6-9-17(10-7-15)29(24,25)26-13-12-19-18-11-8-16(23)14-22(18)28-21-5-3-2-4-20(21)27-19/h2-11,14,19H,12-13H2,1H3. The number of halogens is 1. The highest BCUT2D eigenvalue weighted by molar-refractivity contribution is 7.86. The number of benzene rings is 3. The van der Waals surface area contributed by atoms with E-state index >= 15 is 0 Å². The highest BCUT2D eigenvalue weighted by atomic mass is 35.5. The van der Waals surface area contributed by atoms with E-state index in [1.165, 1.54) is 12.1 Å². The molecule has 3 aromatic carbocycles. The van der Waals surface area contributed by atoms with Gasteiger partial charge in [-0.15, -0.1) is 0 Å². The summed E-state index contributed by atoms with van der Waals surface area (Å²) in [7, 11) is -3.84. The average molecular weight is 431 g/mol. The van der Waals surface area contributed by atoms with E-state index in [2.05, 4.69) is 0 Å². The maximum atomic E-state index is 12.4. The van der Waals surface area contributed by atoms with E-state index in [-0.39, 0.29) is 11.5 Å². The van der Waals surface area contributed by atoms with E-state index in [1.807, 2.05) is 25.1 Å². The Morgan fingerprint density at radius 2 is 1.69 bits per heavy atom. The fourth-order valence-corrected chi connectivity index (χ4v) is 4.17. The number of para-hydroxylation sites is 2. The fourth-order valence-electron chi connectivity index (χ4n) is 3.08. The molecule has 1 atom stereocenters. The molecule has 7 heteroatoms. The predicted octanol–water partition coefficient (Wildman–Crippen LogP) is 5.67. The summed E-state index contributed by atoms with van der Waals surface area (Å²) in [4.78, 5) is 0.130. The van der Waals surface area contributed by atoms with Crippen LogP contribution < -0.4 is 9.47 Å². The Labute approximate surface area is 174 Å². The van der Waals surface area contributed by atoms with Gasteiger partial charge in [0.05, 0.1) is 11.5 Å². The van der Waals surface area contributed by atoms with Gasteiger partial charge in [-0.05, 0) is 43.3 Å². The molecule has 5 nitrogen and oxygen atoms in total. The van der Waals surface area contributed by atoms with Gasteiger partial charge in [-0.1, -0.05) is 47.5 Å². The Morgan fingerprint density at radius 3 is 2.45 bits per heavy atom. The van der Waals surface area contributed by atoms with Crippen molar-refractivity contribution in [1.82, 2.24) is 0 Å². The lowest BCUT2D eigenvalue weighted by molar-refractivity contribution is 0.167. The van der Waals surface area contributed by atoms with Gasteiger partial charge < -0.3 is 9.47 Å². The molecule has 0 radical (unpaired) electrons. The molecule has 0 saturated heterocycles. The van der Waals surface area contributed by atoms with Gasteiger partial charge in [0.25, 0.3) is 10.1 Å². The van der Waals surface area contributed by atoms with Crippen molar-refractivity contribution in [3.8, 4) is 17.2 Å². The molecule has 1 heterocycles. The third-order valence-corrected chi connectivity index (χ3v) is 6.15. The lowest BCUT2D eigenvalue weighted by Crippen LogP contribution is -2.13. The topological polar surface area (TPSA) is 61.8 Å². The Morgan fingerprint density at radius 1 is 0.966 bits per heavy atom. The van der Waals surface area contributed by atoms with E-state index in [0.717, 1.165) is 11.1 Å². The zero-order valence-electron chi connectivity index (χ0n) is 15.7. The molecule has 1 aliphatic heterocycles. The smallest absolute Gasteiger partial charge is 0.296 e. The van der Waals surface area contributed by atoms with E-state index < -0.39 is 16.2 Å². The van der Waals surface area contributed by atoms with Crippen LogP contribution in [0, 0.1) is 6.92 Å². The molecule has 1 aliphatic rings. The number of fused-ring (bicyclic) bond motifs is 2. The number of ether oxygens (including phenoxy) is 2. The second-order valence-electron chi connectivity index (χ2n) is 6.72. The monoisotopic (exact) mass is 430 g/mol. The third kappa shape index (κ3) is 4.40. The van der Waals surface area contributed by atoms with Crippen LogP contribution in [-0.4, -0.2) is 15.0 Å². The zero-order valence-corrected chi connectivity index (χ0v) is 17.2. The molecular formula is C22H19ClO5S. The number of aryl methyl sites for hydroxylation is 1. The molecule has 0 bridgehead atoms. The summed E-state index contributed by atoms with van der Waals surface area (Å²) in [5.74, 6) is 1.73. The largest absolute Gasteiger partial charge is 0.482 e. The van der Waals surface area contributed by atoms with E-state index in [1.54, 1.807) is 36.4 Å². The summed E-state index contributed by atoms with van der Waals surface area (Å²) >= 11 is 6.12. The molecule has 29 heavy (non-hydrogen) atoms. The minimum atomic E-state index is -3.84. The van der Waals surface area contributed by atoms with Gasteiger partial charge in [0.15, 0.2) is 11.5 Å². The van der Waals surface area contributed by atoms with Gasteiger partial charge in [0.2, 0.25) is 0 Å². The minimum absolute atomic E-state index is 0.0366. The van der Waals surface area contributed by atoms with Gasteiger partial charge >= 0.3 is 0 Å². The normalized spacial score (nSPS) is 15.4. The maximum Gasteiger partial charge on any atom is 0.296 e. The van der Waals surface area contributed by atoms with Crippen LogP contribution in [-0.2, 0) is 14.3 Å². The quantitative estimate of drug-likeness (QED) is 0.488. The van der Waals surface area contributed by atoms with Crippen molar-refractivity contribution in [2.45, 2.75) is 24.3 Å². The van der Waals surface area contributed by atoms with E-state index in [0.29, 0.717) is 28.7 Å². The molecule has 0 aliphatic carbocycles. The summed E-state index contributed by atoms with van der Waals surface area (Å²) in [6, 6.07) is 19.1. The second-order valence-corrected chi connectivity index (χ2v) is 8.77. The predicted molar refractivity (Wildman–Crippen MR) is 110 cm³/mol. The molecule has 1 unspecified atom stereocenters. The highest BCUT2D eigenvalue weighted by Crippen LogP contribution is 2.43. The molecule has 4 rings (SSSR count). The van der Waals surface area contributed by atoms with Crippen LogP contribution in [0.5, 0.6) is 17.2 Å². The summed E-state index contributed by atoms with van der Waals surface area (Å²) < 4.78 is 42.2. The Hall–Kier alpha value is -2.54. The van der Waals surface area contributed by atoms with Gasteiger partial charge in [-0.3, -0.25) is 4.18 Å². The number of hydrogen-bond donors (Lipinski definition) is 0. The van der Waals surface area contributed by atoms with Gasteiger partial charge in [-0.25, -0.2) is 0 Å². The van der Waals surface area contributed by atoms with Crippen LogP contribution in [0.1, 0.15) is 23.7 Å². The van der Waals surface area contributed by atoms with Crippen molar-refractivity contribution >= 4 is 21.7 Å². The van der Waals surface area contributed by atoms with Crippen molar-refractivity contribution in [2.75, 3.05) is 6.61 Å². The van der Waals surface area contributed by atoms with Crippen molar-refractivity contribution in [2.24, 2.45) is 0 Å². The van der Waals surface area contributed by atoms with Crippen molar-refractivity contribution in [3.63, 3.8) is 0 Å². The summed E-state index contributed by atoms with van der Waals surface area (Å²) in [6.45, 7) is 1.86. The first-order valence-corrected chi connectivity index (χ1v) is 10.9. The average Bonchev–Trinajstić information content (AvgIpc) is 2.84. The molecule has 0 amide bonds. The molecule has 0 spiro atoms. The SMILES string of the molecule is Cc1ccc(S(=O)(=O)OCCC2Oc3ccccc3Oc3cc(Cl)ccc32)cc1. The van der Waals surface area contributed by atoms with Gasteiger partial charge in [-0.2, -0.15) is 8.42 Å². The van der Waals surface area contributed by atoms with Crippen LogP contribution >= 0.6 is 11.6 Å². The minimum Gasteiger partial charge on any atom is -0.482 e. The van der Waals surface area contributed by atoms with Crippen molar-refractivity contribution < 1.29 is 22.1 Å². The number of hydrogen-bond acceptors (Lipinski definition) is 5. The lowest BCUT2D eigenvalue weighted by Gasteiger charge is -2.18. The Bertz CT molecular complexity index is 1130. The number of rotatable bonds is 5. The highest BCUT2D eigenvalue weighted by Gasteiger charge is 2.26. The summed E-state index contributed by atoms with van der Waals surface area (Å²) in [5.41, 5.74) is 1.76. The summed E-state index contributed by atoms with van der Waals surface area (Å²) in [5, 5.41) is 0.542. The first kappa shape index (κ1) is 19.8. The molecular weight excluding hydrogens is 412 g/mol. The maximum absolute atomic E-state index is 12.4. The summed E-state index contributed by atoms with van der Waals surface area (Å²) in [6.07, 6.45) is -0.128. The zero-order chi connectivity index (χ0) is 20.4. The van der Waals surface area contributed by atoms with Gasteiger partial charge in [0, 0.05) is 17.0 Å². The van der Waals surface area contributed by atoms with Crippen LogP contribution in [0.3, 0.4) is 0 Å². The molecule has 0 saturated carbocycles. The third-order valence-electron chi connectivity index (χ3n) is 4.59. The molecule has 150 valence electrons. The second kappa shape index (κ2) is 8.06. The first-order valence-electron chi connectivity index (χ1n) is 9.11. The van der Waals surface area contributed by atoms with Crippen LogP contribution in [0.15, 0.2) is 71.6 Å². The first-order chi connectivity index (χ1) is 13.9. The Kier molecular flexibility index (Phi) is 5.50. The fraction of sp³-hybridized carbons (Fsp3) is 0.182. The van der Waals surface area contributed by atoms with Crippen LogP contribution in [0.2, 0.25) is 5.02 Å². The Balaban J connectivity index is 1.54. The molecule has 0 N–H and O–H groups in total.